The zero-order valence-electron chi connectivity index (χ0n) is 9.95. The van der Waals surface area contributed by atoms with Crippen molar-refractivity contribution < 1.29 is 17.6 Å². The first-order valence-corrected chi connectivity index (χ1v) is 5.39. The van der Waals surface area contributed by atoms with E-state index in [0.717, 1.165) is 6.07 Å². The Balaban J connectivity index is 2.38. The molecule has 0 bridgehead atoms. The molecule has 1 aromatic heterocycles. The van der Waals surface area contributed by atoms with Crippen LogP contribution in [0.1, 0.15) is 22.9 Å². The minimum atomic E-state index is -4.71. The maximum atomic E-state index is 13.5. The molecule has 2 rings (SSSR count). The van der Waals surface area contributed by atoms with Gasteiger partial charge in [-0.15, -0.1) is 0 Å². The molecule has 0 radical (unpaired) electrons. The first kappa shape index (κ1) is 13.5. The van der Waals surface area contributed by atoms with Crippen LogP contribution in [-0.4, -0.2) is 9.55 Å². The van der Waals surface area contributed by atoms with Crippen molar-refractivity contribution in [1.82, 2.24) is 9.55 Å². The lowest BCUT2D eigenvalue weighted by Crippen LogP contribution is -2.16. The molecule has 0 aliphatic carbocycles. The van der Waals surface area contributed by atoms with Crippen molar-refractivity contribution in [1.29, 1.82) is 0 Å². The highest BCUT2D eigenvalue weighted by Crippen LogP contribution is 2.32. The van der Waals surface area contributed by atoms with Crippen molar-refractivity contribution >= 4 is 0 Å². The molecule has 19 heavy (non-hydrogen) atoms. The van der Waals surface area contributed by atoms with Gasteiger partial charge in [-0.25, -0.2) is 9.37 Å². The second-order valence-electron chi connectivity index (χ2n) is 4.14. The number of rotatable bonds is 2. The number of nitrogens with zero attached hydrogens (tertiary/aromatic N) is 2. The van der Waals surface area contributed by atoms with Gasteiger partial charge < -0.3 is 10.3 Å². The summed E-state index contributed by atoms with van der Waals surface area (Å²) in [5.74, 6) is -1.33. The van der Waals surface area contributed by atoms with Crippen molar-refractivity contribution in [3.8, 4) is 0 Å². The summed E-state index contributed by atoms with van der Waals surface area (Å²) >= 11 is 0. The quantitative estimate of drug-likeness (QED) is 0.855. The van der Waals surface area contributed by atoms with Crippen molar-refractivity contribution in [3.05, 3.63) is 53.4 Å². The third kappa shape index (κ3) is 2.60. The molecule has 102 valence electrons. The Labute approximate surface area is 106 Å². The van der Waals surface area contributed by atoms with Gasteiger partial charge in [-0.3, -0.25) is 0 Å². The van der Waals surface area contributed by atoms with Crippen LogP contribution in [0.25, 0.3) is 0 Å². The fourth-order valence-electron chi connectivity index (χ4n) is 1.79. The third-order valence-electron chi connectivity index (χ3n) is 2.83. The molecule has 1 atom stereocenters. The summed E-state index contributed by atoms with van der Waals surface area (Å²) in [6, 6.07) is 1.94. The van der Waals surface area contributed by atoms with E-state index < -0.39 is 23.6 Å². The number of alkyl halides is 3. The lowest BCUT2D eigenvalue weighted by molar-refractivity contribution is -0.140. The highest BCUT2D eigenvalue weighted by molar-refractivity contribution is 5.32. The topological polar surface area (TPSA) is 43.8 Å². The summed E-state index contributed by atoms with van der Waals surface area (Å²) < 4.78 is 52.4. The van der Waals surface area contributed by atoms with E-state index in [1.807, 2.05) is 0 Å². The number of halogens is 4. The molecular formula is C12H11F4N3. The van der Waals surface area contributed by atoms with Gasteiger partial charge in [0.2, 0.25) is 0 Å². The highest BCUT2D eigenvalue weighted by atomic mass is 19.4. The SMILES string of the molecule is Cn1cncc1C(N)c1ccc(C(F)(F)F)c(F)c1. The van der Waals surface area contributed by atoms with Crippen molar-refractivity contribution in [3.63, 3.8) is 0 Å². The van der Waals surface area contributed by atoms with E-state index in [0.29, 0.717) is 11.8 Å². The fourth-order valence-corrected chi connectivity index (χ4v) is 1.79. The van der Waals surface area contributed by atoms with Crippen LogP contribution in [0.2, 0.25) is 0 Å². The molecule has 1 aromatic carbocycles. The lowest BCUT2D eigenvalue weighted by atomic mass is 10.0. The van der Waals surface area contributed by atoms with E-state index in [4.69, 9.17) is 5.73 Å². The van der Waals surface area contributed by atoms with E-state index in [2.05, 4.69) is 4.98 Å². The van der Waals surface area contributed by atoms with Crippen LogP contribution in [0.5, 0.6) is 0 Å². The molecule has 0 aliphatic heterocycles. The Morgan fingerprint density at radius 2 is 2.00 bits per heavy atom. The summed E-state index contributed by atoms with van der Waals surface area (Å²) in [4.78, 5) is 3.86. The predicted octanol–water partition coefficient (Wildman–Crippen LogP) is 2.63. The molecule has 0 aliphatic rings. The van der Waals surface area contributed by atoms with E-state index in [1.54, 1.807) is 11.6 Å². The van der Waals surface area contributed by atoms with Gasteiger partial charge in [0.05, 0.1) is 29.8 Å². The minimum absolute atomic E-state index is 0.258. The second-order valence-corrected chi connectivity index (χ2v) is 4.14. The Kier molecular flexibility index (Phi) is 3.32. The average molecular weight is 273 g/mol. The maximum absolute atomic E-state index is 13.5. The molecule has 0 spiro atoms. The van der Waals surface area contributed by atoms with Crippen molar-refractivity contribution in [2.75, 3.05) is 0 Å². The number of aryl methyl sites for hydroxylation is 1. The van der Waals surface area contributed by atoms with E-state index in [1.165, 1.54) is 18.6 Å². The van der Waals surface area contributed by atoms with Crippen LogP contribution in [0.15, 0.2) is 30.7 Å². The number of nitrogens with two attached hydrogens (primary N) is 1. The number of imidazole rings is 1. The molecule has 2 N–H and O–H groups in total. The highest BCUT2D eigenvalue weighted by Gasteiger charge is 2.34. The third-order valence-corrected chi connectivity index (χ3v) is 2.83. The smallest absolute Gasteiger partial charge is 0.336 e. The molecule has 2 aromatic rings. The van der Waals surface area contributed by atoms with Gasteiger partial charge in [-0.2, -0.15) is 13.2 Å². The number of hydrogen-bond donors (Lipinski definition) is 1. The van der Waals surface area contributed by atoms with Crippen LogP contribution in [0, 0.1) is 5.82 Å². The van der Waals surface area contributed by atoms with Crippen molar-refractivity contribution in [2.45, 2.75) is 12.2 Å². The Morgan fingerprint density at radius 3 is 2.47 bits per heavy atom. The second kappa shape index (κ2) is 4.65. The maximum Gasteiger partial charge on any atom is 0.419 e. The first-order chi connectivity index (χ1) is 8.80. The summed E-state index contributed by atoms with van der Waals surface area (Å²) in [7, 11) is 1.70. The standard InChI is InChI=1S/C12H11F4N3/c1-19-6-18-5-10(19)11(17)7-2-3-8(9(13)4-7)12(14,15)16/h2-6,11H,17H2,1H3. The van der Waals surface area contributed by atoms with Gasteiger partial charge in [0.1, 0.15) is 5.82 Å². The van der Waals surface area contributed by atoms with Gasteiger partial charge in [-0.05, 0) is 17.7 Å². The van der Waals surface area contributed by atoms with Crippen LogP contribution in [-0.2, 0) is 13.2 Å². The number of hydrogen-bond acceptors (Lipinski definition) is 2. The zero-order valence-corrected chi connectivity index (χ0v) is 9.95. The molecule has 3 nitrogen and oxygen atoms in total. The number of aromatic nitrogens is 2. The summed E-state index contributed by atoms with van der Waals surface area (Å²) in [6.07, 6.45) is -1.71. The van der Waals surface area contributed by atoms with Crippen LogP contribution < -0.4 is 5.73 Å². The minimum Gasteiger partial charge on any atom is -0.336 e. The monoisotopic (exact) mass is 273 g/mol. The van der Waals surface area contributed by atoms with E-state index >= 15 is 0 Å². The largest absolute Gasteiger partial charge is 0.419 e. The zero-order chi connectivity index (χ0) is 14.2. The Morgan fingerprint density at radius 1 is 1.32 bits per heavy atom. The lowest BCUT2D eigenvalue weighted by Gasteiger charge is -2.15. The van der Waals surface area contributed by atoms with E-state index in [9.17, 15) is 17.6 Å². The molecule has 1 unspecified atom stereocenters. The molecule has 0 saturated heterocycles. The Hall–Kier alpha value is -1.89. The molecule has 7 heteroatoms. The van der Waals surface area contributed by atoms with Gasteiger partial charge in [-0.1, -0.05) is 6.07 Å². The van der Waals surface area contributed by atoms with E-state index in [-0.39, 0.29) is 5.56 Å². The normalized spacial score (nSPS) is 13.6. The van der Waals surface area contributed by atoms with Crippen LogP contribution in [0.3, 0.4) is 0 Å². The Bertz CT molecular complexity index is 589. The summed E-state index contributed by atoms with van der Waals surface area (Å²) in [5, 5.41) is 0. The molecule has 0 saturated carbocycles. The van der Waals surface area contributed by atoms with Crippen LogP contribution >= 0.6 is 0 Å². The van der Waals surface area contributed by atoms with Crippen LogP contribution in [0.4, 0.5) is 17.6 Å². The summed E-state index contributed by atoms with van der Waals surface area (Å²) in [5.41, 5.74) is 5.42. The van der Waals surface area contributed by atoms with Gasteiger partial charge in [0.25, 0.3) is 0 Å². The molecular weight excluding hydrogens is 262 g/mol. The molecule has 1 heterocycles. The van der Waals surface area contributed by atoms with Crippen molar-refractivity contribution in [2.24, 2.45) is 12.8 Å². The predicted molar refractivity (Wildman–Crippen MR) is 60.6 cm³/mol. The summed E-state index contributed by atoms with van der Waals surface area (Å²) in [6.45, 7) is 0. The van der Waals surface area contributed by atoms with Gasteiger partial charge in [0, 0.05) is 7.05 Å². The van der Waals surface area contributed by atoms with Gasteiger partial charge >= 0.3 is 6.18 Å². The first-order valence-electron chi connectivity index (χ1n) is 5.39. The fraction of sp³-hybridized carbons (Fsp3) is 0.250. The molecule has 0 fully saturated rings. The van der Waals surface area contributed by atoms with Gasteiger partial charge in [0.15, 0.2) is 0 Å². The molecule has 0 amide bonds. The average Bonchev–Trinajstić information content (AvgIpc) is 2.72. The number of benzene rings is 1.